The van der Waals surface area contributed by atoms with Crippen molar-refractivity contribution in [3.63, 3.8) is 0 Å². The fourth-order valence-corrected chi connectivity index (χ4v) is 1.85. The zero-order valence-corrected chi connectivity index (χ0v) is 12.1. The van der Waals surface area contributed by atoms with Gasteiger partial charge in [0.2, 0.25) is 0 Å². The summed E-state index contributed by atoms with van der Waals surface area (Å²) in [6, 6.07) is 12.5. The largest absolute Gasteiger partial charge is 0.341 e. The molecule has 2 aromatic rings. The predicted octanol–water partition coefficient (Wildman–Crippen LogP) is 3.03. The summed E-state index contributed by atoms with van der Waals surface area (Å²) in [4.78, 5) is 21.8. The number of nitro groups is 1. The van der Waals surface area contributed by atoms with Gasteiger partial charge in [-0.2, -0.15) is 0 Å². The number of carbonyl (C=O) groups is 1. The topological polar surface area (TPSA) is 72.2 Å². The Labute approximate surface area is 132 Å². The summed E-state index contributed by atoms with van der Waals surface area (Å²) < 4.78 is 0. The molecule has 0 aromatic heterocycles. The molecule has 0 bridgehead atoms. The number of nitrogens with zero attached hydrogens (tertiary/aromatic N) is 1. The van der Waals surface area contributed by atoms with Crippen molar-refractivity contribution in [2.24, 2.45) is 0 Å². The van der Waals surface area contributed by atoms with Gasteiger partial charge in [-0.15, -0.1) is 0 Å². The number of nitro benzene ring substituents is 1. The van der Waals surface area contributed by atoms with E-state index >= 15 is 0 Å². The van der Waals surface area contributed by atoms with E-state index in [4.69, 9.17) is 11.6 Å². The Hall–Kier alpha value is -2.84. The Morgan fingerprint density at radius 3 is 2.50 bits per heavy atom. The van der Waals surface area contributed by atoms with Gasteiger partial charge in [-0.25, -0.2) is 0 Å². The third kappa shape index (κ3) is 4.08. The molecule has 0 saturated heterocycles. The van der Waals surface area contributed by atoms with Crippen LogP contribution in [-0.4, -0.2) is 17.4 Å². The Morgan fingerprint density at radius 2 is 1.86 bits per heavy atom. The minimum atomic E-state index is -0.517. The normalized spacial score (nSPS) is 9.50. The highest BCUT2D eigenvalue weighted by molar-refractivity contribution is 6.31. The molecule has 0 fully saturated rings. The average molecular weight is 315 g/mol. The molecule has 2 aromatic carbocycles. The molecule has 6 heteroatoms. The molecular weight excluding hydrogens is 304 g/mol. The van der Waals surface area contributed by atoms with Crippen LogP contribution in [0.1, 0.15) is 15.9 Å². The first-order valence-electron chi connectivity index (χ1n) is 6.34. The van der Waals surface area contributed by atoms with E-state index in [-0.39, 0.29) is 18.1 Å². The molecular formula is C16H11ClN2O3. The predicted molar refractivity (Wildman–Crippen MR) is 83.8 cm³/mol. The SMILES string of the molecule is O=C(NCC#Cc1ccccc1Cl)c1ccc([N+](=O)[O-])cc1. The molecule has 2 rings (SSSR count). The van der Waals surface area contributed by atoms with Gasteiger partial charge in [0.15, 0.2) is 0 Å². The fraction of sp³-hybridized carbons (Fsp3) is 0.0625. The van der Waals surface area contributed by atoms with E-state index in [2.05, 4.69) is 17.2 Å². The maximum Gasteiger partial charge on any atom is 0.269 e. The molecule has 0 aliphatic rings. The summed E-state index contributed by atoms with van der Waals surface area (Å²) in [6.45, 7) is 0.154. The Balaban J connectivity index is 1.94. The van der Waals surface area contributed by atoms with Crippen molar-refractivity contribution in [2.75, 3.05) is 6.54 Å². The second-order valence-electron chi connectivity index (χ2n) is 4.27. The molecule has 110 valence electrons. The molecule has 0 unspecified atom stereocenters. The zero-order chi connectivity index (χ0) is 15.9. The second kappa shape index (κ2) is 7.25. The van der Waals surface area contributed by atoms with Crippen molar-refractivity contribution in [2.45, 2.75) is 0 Å². The van der Waals surface area contributed by atoms with Crippen molar-refractivity contribution in [1.29, 1.82) is 0 Å². The molecule has 1 amide bonds. The maximum absolute atomic E-state index is 11.8. The van der Waals surface area contributed by atoms with Gasteiger partial charge in [0, 0.05) is 23.3 Å². The van der Waals surface area contributed by atoms with Gasteiger partial charge in [0.05, 0.1) is 16.5 Å². The van der Waals surface area contributed by atoms with Crippen molar-refractivity contribution < 1.29 is 9.72 Å². The van der Waals surface area contributed by atoms with E-state index in [1.807, 2.05) is 12.1 Å². The summed E-state index contributed by atoms with van der Waals surface area (Å²) in [5, 5.41) is 13.7. The van der Waals surface area contributed by atoms with Crippen LogP contribution in [0.5, 0.6) is 0 Å². The lowest BCUT2D eigenvalue weighted by Gasteiger charge is -2.00. The van der Waals surface area contributed by atoms with Crippen LogP contribution in [0.3, 0.4) is 0 Å². The van der Waals surface area contributed by atoms with Crippen LogP contribution in [0.25, 0.3) is 0 Å². The molecule has 0 heterocycles. The number of carbonyl (C=O) groups excluding carboxylic acids is 1. The van der Waals surface area contributed by atoms with Crippen molar-refractivity contribution in [1.82, 2.24) is 5.32 Å². The van der Waals surface area contributed by atoms with Crippen molar-refractivity contribution in [3.8, 4) is 11.8 Å². The summed E-state index contributed by atoms with van der Waals surface area (Å²) in [5.41, 5.74) is 0.967. The standard InChI is InChI=1S/C16H11ClN2O3/c17-15-6-2-1-4-12(15)5-3-11-18-16(20)13-7-9-14(10-8-13)19(21)22/h1-2,4,6-10H,11H2,(H,18,20). The van der Waals surface area contributed by atoms with Crippen LogP contribution in [0.2, 0.25) is 5.02 Å². The maximum atomic E-state index is 11.8. The number of halogens is 1. The number of hydrogen-bond acceptors (Lipinski definition) is 3. The minimum Gasteiger partial charge on any atom is -0.341 e. The van der Waals surface area contributed by atoms with Gasteiger partial charge in [-0.1, -0.05) is 35.6 Å². The summed E-state index contributed by atoms with van der Waals surface area (Å²) in [6.07, 6.45) is 0. The number of amides is 1. The Kier molecular flexibility index (Phi) is 5.12. The van der Waals surface area contributed by atoms with Gasteiger partial charge >= 0.3 is 0 Å². The first kappa shape index (κ1) is 15.5. The van der Waals surface area contributed by atoms with Gasteiger partial charge in [0.1, 0.15) is 0 Å². The average Bonchev–Trinajstić information content (AvgIpc) is 2.53. The number of hydrogen-bond donors (Lipinski definition) is 1. The quantitative estimate of drug-likeness (QED) is 0.537. The van der Waals surface area contributed by atoms with Gasteiger partial charge < -0.3 is 5.32 Å². The smallest absolute Gasteiger partial charge is 0.269 e. The molecule has 0 aliphatic carbocycles. The monoisotopic (exact) mass is 314 g/mol. The number of rotatable bonds is 3. The van der Waals surface area contributed by atoms with Gasteiger partial charge in [-0.05, 0) is 24.3 Å². The van der Waals surface area contributed by atoms with Crippen LogP contribution in [-0.2, 0) is 0 Å². The molecule has 0 spiro atoms. The van der Waals surface area contributed by atoms with Crippen LogP contribution >= 0.6 is 11.6 Å². The first-order chi connectivity index (χ1) is 10.6. The lowest BCUT2D eigenvalue weighted by molar-refractivity contribution is -0.384. The molecule has 22 heavy (non-hydrogen) atoms. The summed E-state index contributed by atoms with van der Waals surface area (Å²) in [7, 11) is 0. The second-order valence-corrected chi connectivity index (χ2v) is 4.68. The zero-order valence-electron chi connectivity index (χ0n) is 11.4. The fourth-order valence-electron chi connectivity index (χ4n) is 1.66. The molecule has 0 atom stereocenters. The lowest BCUT2D eigenvalue weighted by atomic mass is 10.2. The molecule has 0 aliphatic heterocycles. The van der Waals surface area contributed by atoms with Crippen LogP contribution in [0.4, 0.5) is 5.69 Å². The van der Waals surface area contributed by atoms with Crippen LogP contribution < -0.4 is 5.32 Å². The Morgan fingerprint density at radius 1 is 1.18 bits per heavy atom. The molecule has 0 saturated carbocycles. The summed E-state index contributed by atoms with van der Waals surface area (Å²) in [5.74, 6) is 5.31. The first-order valence-corrected chi connectivity index (χ1v) is 6.72. The van der Waals surface area contributed by atoms with Gasteiger partial charge in [-0.3, -0.25) is 14.9 Å². The highest BCUT2D eigenvalue weighted by atomic mass is 35.5. The van der Waals surface area contributed by atoms with E-state index < -0.39 is 4.92 Å². The van der Waals surface area contributed by atoms with E-state index in [1.165, 1.54) is 24.3 Å². The lowest BCUT2D eigenvalue weighted by Crippen LogP contribution is -2.23. The minimum absolute atomic E-state index is 0.0601. The number of non-ortho nitro benzene ring substituents is 1. The van der Waals surface area contributed by atoms with E-state index in [0.717, 1.165) is 0 Å². The number of nitrogens with one attached hydrogen (secondary N) is 1. The molecule has 1 N–H and O–H groups in total. The van der Waals surface area contributed by atoms with E-state index in [9.17, 15) is 14.9 Å². The van der Waals surface area contributed by atoms with E-state index in [0.29, 0.717) is 16.1 Å². The third-order valence-corrected chi connectivity index (χ3v) is 3.10. The molecule has 0 radical (unpaired) electrons. The van der Waals surface area contributed by atoms with Crippen molar-refractivity contribution in [3.05, 3.63) is 74.8 Å². The number of benzene rings is 2. The Bertz CT molecular complexity index is 761. The van der Waals surface area contributed by atoms with Crippen LogP contribution in [0.15, 0.2) is 48.5 Å². The third-order valence-electron chi connectivity index (χ3n) is 2.77. The van der Waals surface area contributed by atoms with Gasteiger partial charge in [0.25, 0.3) is 11.6 Å². The highest BCUT2D eigenvalue weighted by Gasteiger charge is 2.08. The highest BCUT2D eigenvalue weighted by Crippen LogP contribution is 2.13. The van der Waals surface area contributed by atoms with E-state index in [1.54, 1.807) is 12.1 Å². The molecule has 5 nitrogen and oxygen atoms in total. The summed E-state index contributed by atoms with van der Waals surface area (Å²) >= 11 is 5.96. The van der Waals surface area contributed by atoms with Crippen molar-refractivity contribution >= 4 is 23.2 Å². The van der Waals surface area contributed by atoms with Crippen LogP contribution in [0, 0.1) is 22.0 Å².